The molecule has 8 heteroatoms. The molecule has 0 N–H and O–H groups in total. The number of rotatable bonds is 8. The fourth-order valence-corrected chi connectivity index (χ4v) is 4.75. The van der Waals surface area contributed by atoms with Crippen LogP contribution in [0.4, 0.5) is 0 Å². The van der Waals surface area contributed by atoms with Gasteiger partial charge >= 0.3 is 0 Å². The highest BCUT2D eigenvalue weighted by Gasteiger charge is 2.27. The van der Waals surface area contributed by atoms with Crippen LogP contribution in [0.25, 0.3) is 0 Å². The zero-order valence-electron chi connectivity index (χ0n) is 16.0. The number of hydrogen-bond acceptors (Lipinski definition) is 5. The van der Waals surface area contributed by atoms with E-state index in [1.807, 2.05) is 6.07 Å². The minimum Gasteiger partial charge on any atom is -0.497 e. The van der Waals surface area contributed by atoms with Crippen molar-refractivity contribution in [1.29, 1.82) is 0 Å². The number of ether oxygens (including phenoxy) is 1. The number of aromatic nitrogens is 1. The van der Waals surface area contributed by atoms with Crippen molar-refractivity contribution >= 4 is 15.9 Å². The molecule has 1 aliphatic heterocycles. The molecule has 1 amide bonds. The smallest absolute Gasteiger partial charge is 0.254 e. The number of benzene rings is 1. The van der Waals surface area contributed by atoms with Gasteiger partial charge in [0.2, 0.25) is 10.0 Å². The molecule has 0 atom stereocenters. The van der Waals surface area contributed by atoms with E-state index in [0.29, 0.717) is 30.9 Å². The first-order valence-corrected chi connectivity index (χ1v) is 10.9. The summed E-state index contributed by atoms with van der Waals surface area (Å²) in [5, 5.41) is 0. The maximum Gasteiger partial charge on any atom is 0.254 e. The summed E-state index contributed by atoms with van der Waals surface area (Å²) >= 11 is 0. The first kappa shape index (κ1) is 20.3. The standard InChI is InChI=1S/C20H25N3O4S/c1-27-19-8-4-7-18(14-19)20(24)22(16-17-6-5-9-21-15-17)12-13-28(25,26)23-10-2-3-11-23/h4-9,14-15H,2-3,10-13,16H2,1H3. The molecule has 2 aromatic rings. The Kier molecular flexibility index (Phi) is 6.64. The third-order valence-electron chi connectivity index (χ3n) is 4.78. The summed E-state index contributed by atoms with van der Waals surface area (Å²) in [5.41, 5.74) is 1.30. The summed E-state index contributed by atoms with van der Waals surface area (Å²) in [6, 6.07) is 10.5. The van der Waals surface area contributed by atoms with Gasteiger partial charge in [-0.05, 0) is 42.7 Å². The van der Waals surface area contributed by atoms with Crippen LogP contribution in [0.15, 0.2) is 48.8 Å². The van der Waals surface area contributed by atoms with Gasteiger partial charge in [-0.3, -0.25) is 9.78 Å². The average Bonchev–Trinajstić information content (AvgIpc) is 3.27. The number of hydrogen-bond donors (Lipinski definition) is 0. The second-order valence-electron chi connectivity index (χ2n) is 6.74. The third-order valence-corrected chi connectivity index (χ3v) is 6.63. The lowest BCUT2D eigenvalue weighted by Crippen LogP contribution is -2.38. The Bertz CT molecular complexity index is 897. The molecule has 1 fully saturated rings. The average molecular weight is 404 g/mol. The predicted octanol–water partition coefficient (Wildman–Crippen LogP) is 2.16. The van der Waals surface area contributed by atoms with E-state index < -0.39 is 10.0 Å². The van der Waals surface area contributed by atoms with Crippen LogP contribution in [0, 0.1) is 0 Å². The molecule has 0 radical (unpaired) electrons. The molecule has 7 nitrogen and oxygen atoms in total. The van der Waals surface area contributed by atoms with Gasteiger partial charge in [-0.25, -0.2) is 12.7 Å². The first-order chi connectivity index (χ1) is 13.5. The van der Waals surface area contributed by atoms with E-state index in [1.54, 1.807) is 54.7 Å². The highest BCUT2D eigenvalue weighted by atomic mass is 32.2. The Morgan fingerprint density at radius 2 is 2.00 bits per heavy atom. The van der Waals surface area contributed by atoms with Crippen molar-refractivity contribution in [2.45, 2.75) is 19.4 Å². The number of carbonyl (C=O) groups is 1. The van der Waals surface area contributed by atoms with Gasteiger partial charge in [-0.2, -0.15) is 0 Å². The van der Waals surface area contributed by atoms with Crippen LogP contribution in [-0.4, -0.2) is 61.0 Å². The summed E-state index contributed by atoms with van der Waals surface area (Å²) in [4.78, 5) is 18.7. The Balaban J connectivity index is 1.79. The van der Waals surface area contributed by atoms with Gasteiger partial charge in [0.05, 0.1) is 12.9 Å². The zero-order valence-corrected chi connectivity index (χ0v) is 16.8. The molecule has 0 spiro atoms. The van der Waals surface area contributed by atoms with Crippen molar-refractivity contribution < 1.29 is 17.9 Å². The molecule has 28 heavy (non-hydrogen) atoms. The van der Waals surface area contributed by atoms with E-state index in [-0.39, 0.29) is 18.2 Å². The van der Waals surface area contributed by atoms with E-state index in [9.17, 15) is 13.2 Å². The van der Waals surface area contributed by atoms with Crippen LogP contribution in [-0.2, 0) is 16.6 Å². The largest absolute Gasteiger partial charge is 0.497 e. The van der Waals surface area contributed by atoms with Gasteiger partial charge in [0.25, 0.3) is 5.91 Å². The minimum absolute atomic E-state index is 0.0943. The normalized spacial score (nSPS) is 14.8. The van der Waals surface area contributed by atoms with Gasteiger partial charge in [0, 0.05) is 44.1 Å². The highest BCUT2D eigenvalue weighted by molar-refractivity contribution is 7.89. The van der Waals surface area contributed by atoms with Crippen LogP contribution in [0.3, 0.4) is 0 Å². The molecule has 150 valence electrons. The Morgan fingerprint density at radius 1 is 1.21 bits per heavy atom. The Labute approximate surface area is 166 Å². The number of amides is 1. The van der Waals surface area contributed by atoms with Crippen LogP contribution in [0.2, 0.25) is 0 Å². The second-order valence-corrected chi connectivity index (χ2v) is 8.83. The van der Waals surface area contributed by atoms with Crippen LogP contribution in [0.5, 0.6) is 5.75 Å². The molecular weight excluding hydrogens is 378 g/mol. The minimum atomic E-state index is -3.38. The number of pyridine rings is 1. The summed E-state index contributed by atoms with van der Waals surface area (Å²) in [6.07, 6.45) is 5.12. The quantitative estimate of drug-likeness (QED) is 0.675. The molecule has 3 rings (SSSR count). The summed E-state index contributed by atoms with van der Waals surface area (Å²) in [6.45, 7) is 1.53. The van der Waals surface area contributed by atoms with E-state index in [4.69, 9.17) is 4.74 Å². The molecule has 1 aromatic carbocycles. The van der Waals surface area contributed by atoms with Gasteiger partial charge < -0.3 is 9.64 Å². The van der Waals surface area contributed by atoms with Gasteiger partial charge in [0.15, 0.2) is 0 Å². The number of methoxy groups -OCH3 is 1. The first-order valence-electron chi connectivity index (χ1n) is 9.29. The van der Waals surface area contributed by atoms with Crippen molar-refractivity contribution in [2.24, 2.45) is 0 Å². The third kappa shape index (κ3) is 5.08. The lowest BCUT2D eigenvalue weighted by atomic mass is 10.1. The van der Waals surface area contributed by atoms with Crippen molar-refractivity contribution in [1.82, 2.24) is 14.2 Å². The molecule has 1 aromatic heterocycles. The molecule has 2 heterocycles. The predicted molar refractivity (Wildman–Crippen MR) is 107 cm³/mol. The van der Waals surface area contributed by atoms with Crippen LogP contribution in [0.1, 0.15) is 28.8 Å². The maximum absolute atomic E-state index is 13.1. The van der Waals surface area contributed by atoms with Gasteiger partial charge in [-0.15, -0.1) is 0 Å². The summed E-state index contributed by atoms with van der Waals surface area (Å²) < 4.78 is 31.9. The SMILES string of the molecule is COc1cccc(C(=O)N(CCS(=O)(=O)N2CCCC2)Cc2cccnc2)c1. The Morgan fingerprint density at radius 3 is 2.68 bits per heavy atom. The van der Waals surface area contributed by atoms with Crippen LogP contribution < -0.4 is 4.74 Å². The van der Waals surface area contributed by atoms with Gasteiger partial charge in [0.1, 0.15) is 5.75 Å². The lowest BCUT2D eigenvalue weighted by Gasteiger charge is -2.24. The fraction of sp³-hybridized carbons (Fsp3) is 0.400. The fourth-order valence-electron chi connectivity index (χ4n) is 3.22. The monoisotopic (exact) mass is 403 g/mol. The van der Waals surface area contributed by atoms with Gasteiger partial charge in [-0.1, -0.05) is 12.1 Å². The number of carbonyl (C=O) groups excluding carboxylic acids is 1. The molecule has 1 saturated heterocycles. The molecule has 0 unspecified atom stereocenters. The topological polar surface area (TPSA) is 79.8 Å². The maximum atomic E-state index is 13.1. The molecular formula is C20H25N3O4S. The number of nitrogens with zero attached hydrogens (tertiary/aromatic N) is 3. The Hall–Kier alpha value is -2.45. The van der Waals surface area contributed by atoms with Crippen molar-refractivity contribution in [3.8, 4) is 5.75 Å². The van der Waals surface area contributed by atoms with Crippen molar-refractivity contribution in [3.63, 3.8) is 0 Å². The van der Waals surface area contributed by atoms with Crippen LogP contribution >= 0.6 is 0 Å². The van der Waals surface area contributed by atoms with E-state index in [2.05, 4.69) is 4.98 Å². The van der Waals surface area contributed by atoms with E-state index >= 15 is 0 Å². The van der Waals surface area contributed by atoms with Crippen molar-refractivity contribution in [3.05, 3.63) is 59.9 Å². The molecule has 1 aliphatic rings. The zero-order chi connectivity index (χ0) is 20.0. The second kappa shape index (κ2) is 9.16. The highest BCUT2D eigenvalue weighted by Crippen LogP contribution is 2.17. The lowest BCUT2D eigenvalue weighted by molar-refractivity contribution is 0.0753. The van der Waals surface area contributed by atoms with E-state index in [0.717, 1.165) is 18.4 Å². The molecule has 0 bridgehead atoms. The summed E-state index contributed by atoms with van der Waals surface area (Å²) in [7, 11) is -1.84. The number of sulfonamides is 1. The van der Waals surface area contributed by atoms with E-state index in [1.165, 1.54) is 4.31 Å². The molecule has 0 aliphatic carbocycles. The molecule has 0 saturated carbocycles. The summed E-state index contributed by atoms with van der Waals surface area (Å²) in [5.74, 6) is 0.249. The van der Waals surface area contributed by atoms with Crippen molar-refractivity contribution in [2.75, 3.05) is 32.5 Å².